The lowest BCUT2D eigenvalue weighted by molar-refractivity contribution is -0.122. The van der Waals surface area contributed by atoms with E-state index in [1.54, 1.807) is 18.1 Å². The van der Waals surface area contributed by atoms with Crippen molar-refractivity contribution in [2.24, 2.45) is 12.5 Å². The van der Waals surface area contributed by atoms with E-state index in [0.29, 0.717) is 18.8 Å². The zero-order chi connectivity index (χ0) is 11.6. The molecule has 2 rings (SSSR count). The molecule has 1 aromatic heterocycles. The molecule has 0 saturated heterocycles. The second-order valence-corrected chi connectivity index (χ2v) is 4.76. The number of rotatable bonds is 5. The Hall–Kier alpha value is -1.04. The van der Waals surface area contributed by atoms with E-state index >= 15 is 0 Å². The molecule has 1 N–H and O–H groups in total. The molecule has 88 valence electrons. The van der Waals surface area contributed by atoms with E-state index in [1.165, 1.54) is 0 Å². The van der Waals surface area contributed by atoms with E-state index in [0.717, 1.165) is 18.6 Å². The highest BCUT2D eigenvalue weighted by molar-refractivity contribution is 7.80. The first-order valence-corrected chi connectivity index (χ1v) is 5.99. The van der Waals surface area contributed by atoms with Gasteiger partial charge < -0.3 is 5.32 Å². The maximum atomic E-state index is 11.6. The van der Waals surface area contributed by atoms with Crippen LogP contribution in [-0.2, 0) is 18.4 Å². The summed E-state index contributed by atoms with van der Waals surface area (Å²) >= 11 is 4.27. The number of carbonyl (C=O) groups excluding carboxylic acids is 1. The Bertz CT molecular complexity index is 386. The third-order valence-corrected chi connectivity index (χ3v) is 3.59. The van der Waals surface area contributed by atoms with Crippen molar-refractivity contribution in [1.82, 2.24) is 20.1 Å². The summed E-state index contributed by atoms with van der Waals surface area (Å²) < 4.78 is 1.62. The van der Waals surface area contributed by atoms with Crippen molar-refractivity contribution in [3.8, 4) is 0 Å². The second kappa shape index (κ2) is 4.45. The summed E-state index contributed by atoms with van der Waals surface area (Å²) in [5.74, 6) is 1.51. The molecule has 1 saturated carbocycles. The lowest BCUT2D eigenvalue weighted by atomic mass is 10.1. The van der Waals surface area contributed by atoms with Gasteiger partial charge in [-0.2, -0.15) is 17.7 Å². The molecule has 1 fully saturated rings. The molecule has 0 aliphatic heterocycles. The molecule has 0 bridgehead atoms. The lowest BCUT2D eigenvalue weighted by Crippen LogP contribution is -2.26. The quantitative estimate of drug-likeness (QED) is 0.738. The standard InChI is InChI=1S/C10H16N4OS/c1-14-7-12-8(13-14)5-11-9(15)4-10(6-16)2-3-10/h7,16H,2-6H2,1H3,(H,11,15). The van der Waals surface area contributed by atoms with Crippen LogP contribution in [0.25, 0.3) is 0 Å². The van der Waals surface area contributed by atoms with Crippen LogP contribution < -0.4 is 5.32 Å². The zero-order valence-corrected chi connectivity index (χ0v) is 10.2. The molecule has 5 nitrogen and oxygen atoms in total. The average molecular weight is 240 g/mol. The summed E-state index contributed by atoms with van der Waals surface area (Å²) in [7, 11) is 1.80. The SMILES string of the molecule is Cn1cnc(CNC(=O)CC2(CS)CC2)n1. The van der Waals surface area contributed by atoms with Crippen LogP contribution in [0.15, 0.2) is 6.33 Å². The van der Waals surface area contributed by atoms with Crippen LogP contribution in [0.4, 0.5) is 0 Å². The maximum Gasteiger partial charge on any atom is 0.220 e. The first kappa shape index (κ1) is 11.4. The van der Waals surface area contributed by atoms with Gasteiger partial charge in [-0.3, -0.25) is 9.48 Å². The van der Waals surface area contributed by atoms with Crippen molar-refractivity contribution >= 4 is 18.5 Å². The minimum Gasteiger partial charge on any atom is -0.349 e. The zero-order valence-electron chi connectivity index (χ0n) is 9.31. The van der Waals surface area contributed by atoms with Gasteiger partial charge in [0, 0.05) is 13.5 Å². The molecule has 6 heteroatoms. The maximum absolute atomic E-state index is 11.6. The van der Waals surface area contributed by atoms with Crippen LogP contribution in [-0.4, -0.2) is 26.4 Å². The van der Waals surface area contributed by atoms with Crippen LogP contribution >= 0.6 is 12.6 Å². The predicted molar refractivity (Wildman–Crippen MR) is 63.0 cm³/mol. The molecule has 1 amide bonds. The number of carbonyl (C=O) groups is 1. The van der Waals surface area contributed by atoms with E-state index in [4.69, 9.17) is 0 Å². The molecule has 16 heavy (non-hydrogen) atoms. The summed E-state index contributed by atoms with van der Waals surface area (Å²) in [6.45, 7) is 0.405. The van der Waals surface area contributed by atoms with Crippen molar-refractivity contribution in [2.45, 2.75) is 25.8 Å². The number of nitrogens with zero attached hydrogens (tertiary/aromatic N) is 3. The minimum absolute atomic E-state index is 0.0685. The van der Waals surface area contributed by atoms with E-state index < -0.39 is 0 Å². The molecule has 0 atom stereocenters. The molecule has 1 aromatic rings. The number of amides is 1. The molecule has 0 aromatic carbocycles. The van der Waals surface area contributed by atoms with Gasteiger partial charge in [-0.05, 0) is 24.0 Å². The topological polar surface area (TPSA) is 59.8 Å². The van der Waals surface area contributed by atoms with E-state index in [9.17, 15) is 4.79 Å². The average Bonchev–Trinajstić information content (AvgIpc) is 2.91. The van der Waals surface area contributed by atoms with Crippen LogP contribution in [0, 0.1) is 5.41 Å². The summed E-state index contributed by atoms with van der Waals surface area (Å²) in [6, 6.07) is 0. The highest BCUT2D eigenvalue weighted by Gasteiger charge is 2.42. The number of thiol groups is 1. The summed E-state index contributed by atoms with van der Waals surface area (Å²) in [5.41, 5.74) is 0.171. The van der Waals surface area contributed by atoms with E-state index in [2.05, 4.69) is 28.0 Å². The molecule has 1 heterocycles. The van der Waals surface area contributed by atoms with Crippen molar-refractivity contribution in [1.29, 1.82) is 0 Å². The minimum atomic E-state index is 0.0685. The molecule has 1 aliphatic carbocycles. The molecule has 1 aliphatic rings. The van der Waals surface area contributed by atoms with Gasteiger partial charge in [0.1, 0.15) is 6.33 Å². The smallest absolute Gasteiger partial charge is 0.220 e. The first-order valence-electron chi connectivity index (χ1n) is 5.36. The first-order chi connectivity index (χ1) is 7.63. The molecule has 0 spiro atoms. The number of nitrogens with one attached hydrogen (secondary N) is 1. The monoisotopic (exact) mass is 240 g/mol. The highest BCUT2D eigenvalue weighted by Crippen LogP contribution is 2.49. The Morgan fingerprint density at radius 2 is 2.44 bits per heavy atom. The molecular formula is C10H16N4OS. The Morgan fingerprint density at radius 3 is 2.94 bits per heavy atom. The van der Waals surface area contributed by atoms with Crippen molar-refractivity contribution in [3.05, 3.63) is 12.2 Å². The highest BCUT2D eigenvalue weighted by atomic mass is 32.1. The van der Waals surface area contributed by atoms with Crippen LogP contribution in [0.3, 0.4) is 0 Å². The number of hydrogen-bond donors (Lipinski definition) is 2. The predicted octanol–water partition coefficient (Wildman–Crippen LogP) is 0.531. The molecule has 0 radical (unpaired) electrons. The Labute approximate surface area is 100 Å². The van der Waals surface area contributed by atoms with Crippen LogP contribution in [0.2, 0.25) is 0 Å². The summed E-state index contributed by atoms with van der Waals surface area (Å²) in [5, 5.41) is 6.92. The lowest BCUT2D eigenvalue weighted by Gasteiger charge is -2.10. The largest absolute Gasteiger partial charge is 0.349 e. The van der Waals surface area contributed by atoms with E-state index in [1.807, 2.05) is 0 Å². The van der Waals surface area contributed by atoms with Gasteiger partial charge in [0.2, 0.25) is 5.91 Å². The fraction of sp³-hybridized carbons (Fsp3) is 0.700. The summed E-state index contributed by atoms with van der Waals surface area (Å²) in [6.07, 6.45) is 4.43. The second-order valence-electron chi connectivity index (χ2n) is 4.45. The summed E-state index contributed by atoms with van der Waals surface area (Å²) in [4.78, 5) is 15.7. The van der Waals surface area contributed by atoms with E-state index in [-0.39, 0.29) is 11.3 Å². The van der Waals surface area contributed by atoms with Crippen LogP contribution in [0.1, 0.15) is 25.1 Å². The third kappa shape index (κ3) is 2.75. The van der Waals surface area contributed by atoms with Gasteiger partial charge in [0.05, 0.1) is 6.54 Å². The van der Waals surface area contributed by atoms with Gasteiger partial charge >= 0.3 is 0 Å². The van der Waals surface area contributed by atoms with Gasteiger partial charge in [0.25, 0.3) is 0 Å². The molecular weight excluding hydrogens is 224 g/mol. The number of aromatic nitrogens is 3. The fourth-order valence-electron chi connectivity index (χ4n) is 1.61. The Morgan fingerprint density at radius 1 is 1.69 bits per heavy atom. The van der Waals surface area contributed by atoms with Gasteiger partial charge in [-0.25, -0.2) is 4.98 Å². The Balaban J connectivity index is 1.76. The van der Waals surface area contributed by atoms with Crippen molar-refractivity contribution < 1.29 is 4.79 Å². The normalized spacial score (nSPS) is 17.1. The van der Waals surface area contributed by atoms with Crippen molar-refractivity contribution in [3.63, 3.8) is 0 Å². The number of aryl methyl sites for hydroxylation is 1. The van der Waals surface area contributed by atoms with Crippen LogP contribution in [0.5, 0.6) is 0 Å². The van der Waals surface area contributed by atoms with Crippen molar-refractivity contribution in [2.75, 3.05) is 5.75 Å². The van der Waals surface area contributed by atoms with Gasteiger partial charge in [-0.1, -0.05) is 0 Å². The Kier molecular flexibility index (Phi) is 3.18. The van der Waals surface area contributed by atoms with Gasteiger partial charge in [0.15, 0.2) is 5.82 Å². The fourth-order valence-corrected chi connectivity index (χ4v) is 2.04. The third-order valence-electron chi connectivity index (χ3n) is 2.92. The number of hydrogen-bond acceptors (Lipinski definition) is 4. The molecule has 0 unspecified atom stereocenters. The van der Waals surface area contributed by atoms with Gasteiger partial charge in [-0.15, -0.1) is 0 Å².